The third kappa shape index (κ3) is 13.8. The Kier molecular flexibility index (Phi) is 16.4. The lowest BCUT2D eigenvalue weighted by atomic mass is 10.1. The van der Waals surface area contributed by atoms with Crippen LogP contribution in [0.2, 0.25) is 0 Å². The van der Waals surface area contributed by atoms with Crippen LogP contribution in [0.4, 0.5) is 0 Å². The highest BCUT2D eigenvalue weighted by molar-refractivity contribution is 7.99. The Morgan fingerprint density at radius 2 is 1.12 bits per heavy atom. The van der Waals surface area contributed by atoms with Gasteiger partial charge in [0, 0.05) is 22.3 Å². The van der Waals surface area contributed by atoms with Crippen LogP contribution >= 0.6 is 11.8 Å². The van der Waals surface area contributed by atoms with Crippen LogP contribution in [0.1, 0.15) is 34.6 Å². The number of oxime groups is 1. The molecule has 1 N–H and O–H groups in total. The molecule has 11 nitrogen and oxygen atoms in total. The number of nitrogens with zero attached hydrogens (tertiary/aromatic N) is 1. The van der Waals surface area contributed by atoms with E-state index in [4.69, 9.17) is 28.8 Å². The summed E-state index contributed by atoms with van der Waals surface area (Å²) < 4.78 is 26.4. The minimum Gasteiger partial charge on any atom is -0.460 e. The molecule has 0 saturated heterocycles. The molecular formula is C28H35NO10S. The standard InChI is InChI=1S/C28H35NO10S/c1-21(29-39-22(2)31)27(32)23-3-7-25(8-4-23)40-26-9-5-24(6-10-26)28(33)38-20-19-37-18-17-36-16-15-35-14-13-34-12-11-30/h3-10,30H,11-20H2,1-2H3/b29-21+. The van der Waals surface area contributed by atoms with E-state index in [0.29, 0.717) is 57.4 Å². The Morgan fingerprint density at radius 1 is 0.675 bits per heavy atom. The minimum atomic E-state index is -0.596. The van der Waals surface area contributed by atoms with Crippen molar-refractivity contribution in [2.45, 2.75) is 23.6 Å². The average Bonchev–Trinajstić information content (AvgIpc) is 2.96. The summed E-state index contributed by atoms with van der Waals surface area (Å²) in [5.74, 6) is -1.37. The van der Waals surface area contributed by atoms with Gasteiger partial charge in [-0.2, -0.15) is 0 Å². The maximum Gasteiger partial charge on any atom is 0.338 e. The molecule has 2 rings (SSSR count). The van der Waals surface area contributed by atoms with Gasteiger partial charge in [-0.25, -0.2) is 9.59 Å². The van der Waals surface area contributed by atoms with Crippen LogP contribution in [-0.4, -0.2) is 94.6 Å². The molecule has 0 aliphatic rings. The molecule has 40 heavy (non-hydrogen) atoms. The van der Waals surface area contributed by atoms with Crippen LogP contribution < -0.4 is 0 Å². The van der Waals surface area contributed by atoms with Gasteiger partial charge in [-0.3, -0.25) is 4.79 Å². The van der Waals surface area contributed by atoms with Crippen molar-refractivity contribution in [1.29, 1.82) is 0 Å². The third-order valence-electron chi connectivity index (χ3n) is 4.89. The second-order valence-electron chi connectivity index (χ2n) is 8.05. The molecule has 0 saturated carbocycles. The van der Waals surface area contributed by atoms with Crippen molar-refractivity contribution >= 4 is 35.2 Å². The Bertz CT molecular complexity index is 1070. The molecule has 0 atom stereocenters. The molecule has 2 aromatic carbocycles. The molecule has 218 valence electrons. The van der Waals surface area contributed by atoms with E-state index in [-0.39, 0.29) is 31.3 Å². The quantitative estimate of drug-likeness (QED) is 0.0620. The highest BCUT2D eigenvalue weighted by Gasteiger charge is 2.12. The van der Waals surface area contributed by atoms with Crippen molar-refractivity contribution < 1.29 is 48.0 Å². The topological polar surface area (TPSA) is 139 Å². The smallest absolute Gasteiger partial charge is 0.338 e. The number of carbonyl (C=O) groups excluding carboxylic acids is 3. The number of Topliss-reactive ketones (excluding diaryl/α,β-unsaturated/α-hetero) is 1. The zero-order valence-electron chi connectivity index (χ0n) is 22.7. The van der Waals surface area contributed by atoms with Crippen molar-refractivity contribution in [2.75, 3.05) is 66.1 Å². The van der Waals surface area contributed by atoms with E-state index in [9.17, 15) is 14.4 Å². The van der Waals surface area contributed by atoms with Crippen LogP contribution in [0.5, 0.6) is 0 Å². The predicted molar refractivity (Wildman–Crippen MR) is 147 cm³/mol. The molecule has 0 radical (unpaired) electrons. The lowest BCUT2D eigenvalue weighted by Gasteiger charge is -2.08. The molecular weight excluding hydrogens is 542 g/mol. The Balaban J connectivity index is 1.61. The van der Waals surface area contributed by atoms with Gasteiger partial charge >= 0.3 is 11.9 Å². The summed E-state index contributed by atoms with van der Waals surface area (Å²) in [4.78, 5) is 41.8. The fourth-order valence-corrected chi connectivity index (χ4v) is 3.77. The number of hydrogen-bond donors (Lipinski definition) is 1. The first kappa shape index (κ1) is 33.1. The molecule has 0 spiro atoms. The van der Waals surface area contributed by atoms with E-state index >= 15 is 0 Å². The van der Waals surface area contributed by atoms with Crippen molar-refractivity contribution in [3.05, 3.63) is 59.7 Å². The molecule has 12 heteroatoms. The van der Waals surface area contributed by atoms with E-state index in [2.05, 4.69) is 9.99 Å². The van der Waals surface area contributed by atoms with E-state index in [1.807, 2.05) is 12.1 Å². The molecule has 0 fully saturated rings. The maximum atomic E-state index is 12.3. The van der Waals surface area contributed by atoms with Gasteiger partial charge in [-0.15, -0.1) is 0 Å². The van der Waals surface area contributed by atoms with Gasteiger partial charge in [0.05, 0.1) is 65.0 Å². The Hall–Kier alpha value is -3.13. The summed E-state index contributed by atoms with van der Waals surface area (Å²) in [6, 6.07) is 14.0. The Morgan fingerprint density at radius 3 is 1.60 bits per heavy atom. The number of benzene rings is 2. The molecule has 0 unspecified atom stereocenters. The van der Waals surface area contributed by atoms with E-state index in [1.165, 1.54) is 25.6 Å². The summed E-state index contributed by atoms with van der Waals surface area (Å²) in [6.45, 7) is 5.92. The second kappa shape index (κ2) is 19.9. The van der Waals surface area contributed by atoms with E-state index in [0.717, 1.165) is 9.79 Å². The lowest BCUT2D eigenvalue weighted by Crippen LogP contribution is -2.14. The summed E-state index contributed by atoms with van der Waals surface area (Å²) >= 11 is 1.47. The molecule has 0 aliphatic heterocycles. The van der Waals surface area contributed by atoms with Gasteiger partial charge in [0.1, 0.15) is 12.3 Å². The fourth-order valence-electron chi connectivity index (χ4n) is 2.96. The first-order valence-corrected chi connectivity index (χ1v) is 13.5. The first-order chi connectivity index (χ1) is 19.4. The first-order valence-electron chi connectivity index (χ1n) is 12.6. The molecule has 0 aliphatic carbocycles. The molecule has 0 heterocycles. The summed E-state index contributed by atoms with van der Waals surface area (Å²) in [6.07, 6.45) is 0. The van der Waals surface area contributed by atoms with Crippen molar-refractivity contribution in [2.24, 2.45) is 5.16 Å². The van der Waals surface area contributed by atoms with Gasteiger partial charge in [0.25, 0.3) is 0 Å². The number of aliphatic hydroxyl groups excluding tert-OH is 1. The second-order valence-corrected chi connectivity index (χ2v) is 9.20. The predicted octanol–water partition coefficient (Wildman–Crippen LogP) is 3.18. The summed E-state index contributed by atoms with van der Waals surface area (Å²) in [5, 5.41) is 12.1. The number of hydrogen-bond acceptors (Lipinski definition) is 12. The van der Waals surface area contributed by atoms with Gasteiger partial charge in [0.15, 0.2) is 0 Å². The van der Waals surface area contributed by atoms with E-state index in [1.54, 1.807) is 36.4 Å². The van der Waals surface area contributed by atoms with Crippen molar-refractivity contribution in [3.8, 4) is 0 Å². The highest BCUT2D eigenvalue weighted by Crippen LogP contribution is 2.28. The van der Waals surface area contributed by atoms with Crippen LogP contribution in [0.25, 0.3) is 0 Å². The van der Waals surface area contributed by atoms with Crippen LogP contribution in [0.15, 0.2) is 63.5 Å². The van der Waals surface area contributed by atoms with Crippen molar-refractivity contribution in [3.63, 3.8) is 0 Å². The molecule has 0 bridgehead atoms. The number of ketones is 1. The maximum absolute atomic E-state index is 12.3. The number of rotatable bonds is 20. The molecule has 0 amide bonds. The van der Waals surface area contributed by atoms with Gasteiger partial charge in [-0.05, 0) is 55.5 Å². The summed E-state index contributed by atoms with van der Waals surface area (Å²) in [7, 11) is 0. The normalized spacial score (nSPS) is 11.3. The third-order valence-corrected chi connectivity index (χ3v) is 5.91. The highest BCUT2D eigenvalue weighted by atomic mass is 32.2. The van der Waals surface area contributed by atoms with Gasteiger partial charge in [-0.1, -0.05) is 16.9 Å². The zero-order chi connectivity index (χ0) is 29.0. The monoisotopic (exact) mass is 577 g/mol. The molecule has 0 aromatic heterocycles. The number of aliphatic hydroxyl groups is 1. The van der Waals surface area contributed by atoms with Gasteiger partial charge < -0.3 is 33.6 Å². The number of ether oxygens (including phenoxy) is 5. The lowest BCUT2D eigenvalue weighted by molar-refractivity contribution is -0.140. The number of carbonyl (C=O) groups is 3. The minimum absolute atomic E-state index is 0.00115. The largest absolute Gasteiger partial charge is 0.460 e. The van der Waals surface area contributed by atoms with Crippen LogP contribution in [0.3, 0.4) is 0 Å². The average molecular weight is 578 g/mol. The zero-order valence-corrected chi connectivity index (χ0v) is 23.5. The fraction of sp³-hybridized carbons (Fsp3) is 0.429. The summed E-state index contributed by atoms with van der Waals surface area (Å²) in [5.41, 5.74) is 0.933. The van der Waals surface area contributed by atoms with Crippen molar-refractivity contribution in [1.82, 2.24) is 0 Å². The van der Waals surface area contributed by atoms with Crippen LogP contribution in [-0.2, 0) is 33.3 Å². The van der Waals surface area contributed by atoms with Crippen LogP contribution in [0, 0.1) is 0 Å². The number of esters is 1. The Labute approximate surface area is 237 Å². The van der Waals surface area contributed by atoms with Gasteiger partial charge in [0.2, 0.25) is 5.78 Å². The molecule has 2 aromatic rings. The van der Waals surface area contributed by atoms with E-state index < -0.39 is 11.9 Å². The SMILES string of the molecule is CC(=O)O/N=C(\C)C(=O)c1ccc(Sc2ccc(C(=O)OCCOCCOCCOCCOCCO)cc2)cc1.